The van der Waals surface area contributed by atoms with Crippen molar-refractivity contribution in [2.75, 3.05) is 19.4 Å². The molecule has 0 atom stereocenters. The van der Waals surface area contributed by atoms with Gasteiger partial charge < -0.3 is 5.32 Å². The first-order chi connectivity index (χ1) is 9.73. The van der Waals surface area contributed by atoms with Crippen LogP contribution in [0.3, 0.4) is 0 Å². The molecule has 5 nitrogen and oxygen atoms in total. The number of hydrogen-bond acceptors (Lipinski definition) is 3. The van der Waals surface area contributed by atoms with Crippen LogP contribution in [0, 0.1) is 12.8 Å². The lowest BCUT2D eigenvalue weighted by atomic mass is 10.0. The van der Waals surface area contributed by atoms with Crippen LogP contribution in [0.5, 0.6) is 0 Å². The molecule has 0 aromatic heterocycles. The van der Waals surface area contributed by atoms with Gasteiger partial charge in [-0.05, 0) is 37.5 Å². The molecule has 1 aromatic rings. The lowest BCUT2D eigenvalue weighted by Gasteiger charge is -2.16. The molecule has 0 fully saturated rings. The fraction of sp³-hybridized carbons (Fsp3) is 0.533. The Morgan fingerprint density at radius 3 is 2.29 bits per heavy atom. The van der Waals surface area contributed by atoms with Crippen LogP contribution in [0.25, 0.3) is 0 Å². The molecular formula is C15H24N2O3S. The van der Waals surface area contributed by atoms with Gasteiger partial charge >= 0.3 is 0 Å². The van der Waals surface area contributed by atoms with E-state index >= 15 is 0 Å². The zero-order valence-corrected chi connectivity index (χ0v) is 14.1. The van der Waals surface area contributed by atoms with Crippen molar-refractivity contribution in [1.29, 1.82) is 0 Å². The smallest absolute Gasteiger partial charge is 0.242 e. The summed E-state index contributed by atoms with van der Waals surface area (Å²) in [6.45, 7) is 5.67. The molecule has 0 bridgehead atoms. The third-order valence-corrected chi connectivity index (χ3v) is 5.53. The monoisotopic (exact) mass is 312 g/mol. The van der Waals surface area contributed by atoms with E-state index < -0.39 is 10.0 Å². The number of benzene rings is 1. The average molecular weight is 312 g/mol. The van der Waals surface area contributed by atoms with Crippen LogP contribution in [0.2, 0.25) is 0 Å². The fourth-order valence-electron chi connectivity index (χ4n) is 2.06. The normalized spacial score (nSPS) is 12.0. The summed E-state index contributed by atoms with van der Waals surface area (Å²) in [7, 11) is -0.535. The second-order valence-electron chi connectivity index (χ2n) is 5.27. The Morgan fingerprint density at radius 1 is 1.24 bits per heavy atom. The minimum atomic E-state index is -3.52. The molecule has 0 unspecified atom stereocenters. The third-order valence-electron chi connectivity index (χ3n) is 3.57. The highest BCUT2D eigenvalue weighted by molar-refractivity contribution is 7.89. The molecule has 1 aromatic carbocycles. The van der Waals surface area contributed by atoms with Gasteiger partial charge in [-0.1, -0.05) is 19.9 Å². The van der Waals surface area contributed by atoms with Crippen molar-refractivity contribution in [2.45, 2.75) is 38.5 Å². The number of sulfonamides is 1. The van der Waals surface area contributed by atoms with Gasteiger partial charge in [-0.3, -0.25) is 4.79 Å². The quantitative estimate of drug-likeness (QED) is 0.878. The summed E-state index contributed by atoms with van der Waals surface area (Å²) < 4.78 is 25.7. The van der Waals surface area contributed by atoms with Crippen molar-refractivity contribution < 1.29 is 13.2 Å². The number of hydrogen-bond donors (Lipinski definition) is 1. The summed E-state index contributed by atoms with van der Waals surface area (Å²) in [6.07, 6.45) is 1.52. The van der Waals surface area contributed by atoms with Gasteiger partial charge in [-0.25, -0.2) is 12.7 Å². The maximum atomic E-state index is 12.3. The second kappa shape index (κ2) is 7.04. The maximum absolute atomic E-state index is 12.3. The largest absolute Gasteiger partial charge is 0.326 e. The van der Waals surface area contributed by atoms with Crippen molar-refractivity contribution in [2.24, 2.45) is 5.92 Å². The molecule has 6 heteroatoms. The van der Waals surface area contributed by atoms with E-state index in [1.807, 2.05) is 13.8 Å². The molecule has 0 spiro atoms. The first-order valence-corrected chi connectivity index (χ1v) is 8.52. The van der Waals surface area contributed by atoms with E-state index in [0.717, 1.165) is 12.8 Å². The topological polar surface area (TPSA) is 66.5 Å². The minimum absolute atomic E-state index is 0.0554. The van der Waals surface area contributed by atoms with Crippen LogP contribution in [0.15, 0.2) is 23.1 Å². The van der Waals surface area contributed by atoms with Crippen molar-refractivity contribution in [3.8, 4) is 0 Å². The molecule has 21 heavy (non-hydrogen) atoms. The first-order valence-electron chi connectivity index (χ1n) is 7.08. The van der Waals surface area contributed by atoms with Crippen molar-refractivity contribution in [3.63, 3.8) is 0 Å². The van der Waals surface area contributed by atoms with E-state index in [1.165, 1.54) is 24.5 Å². The molecular weight excluding hydrogens is 288 g/mol. The first kappa shape index (κ1) is 17.7. The summed E-state index contributed by atoms with van der Waals surface area (Å²) in [6, 6.07) is 4.95. The van der Waals surface area contributed by atoms with E-state index in [9.17, 15) is 13.2 Å². The van der Waals surface area contributed by atoms with Gasteiger partial charge in [0.05, 0.1) is 4.90 Å². The summed E-state index contributed by atoms with van der Waals surface area (Å²) in [5, 5.41) is 2.80. The number of carbonyl (C=O) groups excluding carboxylic acids is 1. The van der Waals surface area contributed by atoms with Crippen LogP contribution in [-0.2, 0) is 14.8 Å². The standard InChI is InChI=1S/C15H24N2O3S/c1-6-12(7-2)15(18)16-13-9-8-11(3)14(10-13)21(19,20)17(4)5/h8-10,12H,6-7H2,1-5H3,(H,16,18). The highest BCUT2D eigenvalue weighted by atomic mass is 32.2. The van der Waals surface area contributed by atoms with E-state index in [2.05, 4.69) is 5.32 Å². The Balaban J connectivity index is 3.11. The fourth-order valence-corrected chi connectivity index (χ4v) is 3.20. The Morgan fingerprint density at radius 2 is 1.81 bits per heavy atom. The Labute approximate surface area is 127 Å². The number of rotatable bonds is 6. The maximum Gasteiger partial charge on any atom is 0.242 e. The van der Waals surface area contributed by atoms with Crippen LogP contribution in [0.4, 0.5) is 5.69 Å². The molecule has 0 aliphatic heterocycles. The third kappa shape index (κ3) is 4.04. The van der Waals surface area contributed by atoms with Crippen LogP contribution in [-0.4, -0.2) is 32.7 Å². The van der Waals surface area contributed by atoms with Crippen molar-refractivity contribution in [3.05, 3.63) is 23.8 Å². The summed E-state index contributed by atoms with van der Waals surface area (Å²) in [5.74, 6) is -0.128. The highest BCUT2D eigenvalue weighted by Gasteiger charge is 2.21. The minimum Gasteiger partial charge on any atom is -0.326 e. The van der Waals surface area contributed by atoms with Gasteiger partial charge in [0.1, 0.15) is 0 Å². The van der Waals surface area contributed by atoms with Gasteiger partial charge in [-0.2, -0.15) is 0 Å². The van der Waals surface area contributed by atoms with E-state index in [4.69, 9.17) is 0 Å². The van der Waals surface area contributed by atoms with Crippen molar-refractivity contribution in [1.82, 2.24) is 4.31 Å². The van der Waals surface area contributed by atoms with E-state index in [1.54, 1.807) is 19.1 Å². The van der Waals surface area contributed by atoms with Gasteiger partial charge in [0.2, 0.25) is 15.9 Å². The van der Waals surface area contributed by atoms with Crippen molar-refractivity contribution >= 4 is 21.6 Å². The average Bonchev–Trinajstić information content (AvgIpc) is 2.42. The molecule has 0 radical (unpaired) electrons. The number of amides is 1. The van der Waals surface area contributed by atoms with E-state index in [0.29, 0.717) is 11.3 Å². The van der Waals surface area contributed by atoms with Crippen LogP contribution >= 0.6 is 0 Å². The van der Waals surface area contributed by atoms with Gasteiger partial charge in [0, 0.05) is 25.7 Å². The molecule has 1 amide bonds. The van der Waals surface area contributed by atoms with Gasteiger partial charge in [0.25, 0.3) is 0 Å². The lowest BCUT2D eigenvalue weighted by Crippen LogP contribution is -2.24. The van der Waals surface area contributed by atoms with E-state index in [-0.39, 0.29) is 16.7 Å². The zero-order chi connectivity index (χ0) is 16.2. The molecule has 0 saturated carbocycles. The number of carbonyl (C=O) groups is 1. The zero-order valence-electron chi connectivity index (χ0n) is 13.3. The molecule has 1 N–H and O–H groups in total. The highest BCUT2D eigenvalue weighted by Crippen LogP contribution is 2.23. The Kier molecular flexibility index (Phi) is 5.92. The van der Waals surface area contributed by atoms with Crippen LogP contribution in [0.1, 0.15) is 32.3 Å². The molecule has 0 aliphatic rings. The Bertz CT molecular complexity index is 605. The predicted molar refractivity (Wildman–Crippen MR) is 84.8 cm³/mol. The van der Waals surface area contributed by atoms with Gasteiger partial charge in [0.15, 0.2) is 0 Å². The lowest BCUT2D eigenvalue weighted by molar-refractivity contribution is -0.120. The number of nitrogens with one attached hydrogen (secondary N) is 1. The molecule has 0 heterocycles. The summed E-state index contributed by atoms with van der Waals surface area (Å²) >= 11 is 0. The number of anilines is 1. The van der Waals surface area contributed by atoms with Crippen LogP contribution < -0.4 is 5.32 Å². The predicted octanol–water partition coefficient (Wildman–Crippen LogP) is 2.62. The number of aryl methyl sites for hydroxylation is 1. The SMILES string of the molecule is CCC(CC)C(=O)Nc1ccc(C)c(S(=O)(=O)N(C)C)c1. The number of nitrogens with zero attached hydrogens (tertiary/aromatic N) is 1. The summed E-state index contributed by atoms with van der Waals surface area (Å²) in [4.78, 5) is 12.3. The Hall–Kier alpha value is -1.40. The molecule has 118 valence electrons. The molecule has 0 aliphatic carbocycles. The van der Waals surface area contributed by atoms with Gasteiger partial charge in [-0.15, -0.1) is 0 Å². The molecule has 0 saturated heterocycles. The second-order valence-corrected chi connectivity index (χ2v) is 7.39. The summed E-state index contributed by atoms with van der Waals surface area (Å²) in [5.41, 5.74) is 1.17. The molecule has 1 rings (SSSR count).